The van der Waals surface area contributed by atoms with Crippen LogP contribution in [0.2, 0.25) is 0 Å². The van der Waals surface area contributed by atoms with Crippen molar-refractivity contribution < 1.29 is 45.8 Å². The van der Waals surface area contributed by atoms with Crippen LogP contribution >= 0.6 is 0 Å². The second-order valence-electron chi connectivity index (χ2n) is 14.2. The minimum atomic E-state index is -4.88. The van der Waals surface area contributed by atoms with Crippen molar-refractivity contribution in [2.24, 2.45) is 5.92 Å². The highest BCUT2D eigenvalue weighted by Crippen LogP contribution is 2.39. The quantitative estimate of drug-likeness (QED) is 0.155. The molecule has 3 aromatic rings. The zero-order chi connectivity index (χ0) is 38.9. The number of ether oxygens (including phenoxy) is 1. The number of alkyl halides is 3. The van der Waals surface area contributed by atoms with Gasteiger partial charge in [0.15, 0.2) is 0 Å². The van der Waals surface area contributed by atoms with E-state index in [4.69, 9.17) is 11.2 Å². The molecule has 5 rings (SSSR count). The Morgan fingerprint density at radius 1 is 1.04 bits per heavy atom. The van der Waals surface area contributed by atoms with Crippen molar-refractivity contribution in [2.45, 2.75) is 90.1 Å². The third kappa shape index (κ3) is 8.47. The predicted molar refractivity (Wildman–Crippen MR) is 185 cm³/mol. The van der Waals surface area contributed by atoms with Crippen molar-refractivity contribution in [2.75, 3.05) is 19.8 Å². The van der Waals surface area contributed by atoms with Crippen LogP contribution < -0.4 is 10.9 Å². The highest BCUT2D eigenvalue weighted by Gasteiger charge is 2.39. The van der Waals surface area contributed by atoms with Gasteiger partial charge in [-0.05, 0) is 85.9 Å². The average Bonchev–Trinajstić information content (AvgIpc) is 3.26. The zero-order valence-electron chi connectivity index (χ0n) is 29.8. The number of terminal acetylenes is 1. The van der Waals surface area contributed by atoms with Gasteiger partial charge in [0.05, 0.1) is 31.2 Å². The molecule has 14 heteroatoms. The molecule has 2 fully saturated rings. The number of fused-ring (bicyclic) bond motifs is 2. The number of halogens is 6. The molecule has 8 nitrogen and oxygen atoms in total. The molecule has 3 heterocycles. The number of amides is 1. The first-order chi connectivity index (χ1) is 24.9. The molecule has 2 unspecified atom stereocenters. The summed E-state index contributed by atoms with van der Waals surface area (Å²) in [7, 11) is 0. The number of carbonyl (C=O) groups is 2. The normalized spacial score (nSPS) is 18.5. The minimum absolute atomic E-state index is 0.0616. The Morgan fingerprint density at radius 2 is 1.66 bits per heavy atom. The van der Waals surface area contributed by atoms with Gasteiger partial charge < -0.3 is 19.7 Å². The number of morpholine rings is 1. The van der Waals surface area contributed by atoms with Crippen molar-refractivity contribution in [3.8, 4) is 23.5 Å². The lowest BCUT2D eigenvalue weighted by Gasteiger charge is -2.34. The standard InChI is InChI=1S/C39H41F6N3O5/c1-6-23-14-29(41)36(37(42)35(23)34-21(4)12-25(40)13-22(34)5)30(16-33(50)51)46-38(52)31(11-20(2)3)48-17-24(28(15-32(48)49)39(43,44)45)9-10-47-26-7-8-27(47)19-53-18-26/h1,12-15,17,20,26-27,30-31H,7-11,16,18-19H2,2-5H3,(H,46,52)(H,50,51)/t26?,27?,30-,31-/m0/s1. The van der Waals surface area contributed by atoms with Crippen LogP contribution in [0.3, 0.4) is 0 Å². The van der Waals surface area contributed by atoms with Crippen LogP contribution in [0, 0.1) is 49.6 Å². The smallest absolute Gasteiger partial charge is 0.416 e. The number of hydrogen-bond donors (Lipinski definition) is 2. The average molecular weight is 746 g/mol. The van der Waals surface area contributed by atoms with E-state index in [-0.39, 0.29) is 70.8 Å². The Hall–Kier alpha value is -4.61. The molecule has 2 N–H and O–H groups in total. The lowest BCUT2D eigenvalue weighted by molar-refractivity contribution is -0.139. The number of nitrogens with zero attached hydrogens (tertiary/aromatic N) is 2. The summed E-state index contributed by atoms with van der Waals surface area (Å²) in [5.41, 5.74) is -3.23. The number of hydrogen-bond acceptors (Lipinski definition) is 5. The van der Waals surface area contributed by atoms with Crippen molar-refractivity contribution in [1.82, 2.24) is 14.8 Å². The van der Waals surface area contributed by atoms with Gasteiger partial charge in [-0.2, -0.15) is 13.2 Å². The van der Waals surface area contributed by atoms with Crippen LogP contribution in [0.1, 0.15) is 85.0 Å². The van der Waals surface area contributed by atoms with Crippen LogP contribution in [0.5, 0.6) is 0 Å². The van der Waals surface area contributed by atoms with Crippen molar-refractivity contribution in [1.29, 1.82) is 0 Å². The number of aromatic nitrogens is 1. The van der Waals surface area contributed by atoms with Gasteiger partial charge in [0.25, 0.3) is 5.56 Å². The molecule has 2 aromatic carbocycles. The second kappa shape index (κ2) is 15.8. The van der Waals surface area contributed by atoms with E-state index in [1.54, 1.807) is 13.8 Å². The van der Waals surface area contributed by atoms with Crippen LogP contribution in [0.15, 0.2) is 35.3 Å². The molecule has 1 aromatic heterocycles. The van der Waals surface area contributed by atoms with Gasteiger partial charge in [-0.3, -0.25) is 19.3 Å². The topological polar surface area (TPSA) is 101 Å². The lowest BCUT2D eigenvalue weighted by Crippen LogP contribution is -2.46. The summed E-state index contributed by atoms with van der Waals surface area (Å²) in [4.78, 5) is 41.7. The number of carboxylic acids is 1. The van der Waals surface area contributed by atoms with Gasteiger partial charge >= 0.3 is 12.1 Å². The van der Waals surface area contributed by atoms with Gasteiger partial charge in [-0.15, -0.1) is 6.42 Å². The third-order valence-corrected chi connectivity index (χ3v) is 10.0. The van der Waals surface area contributed by atoms with Gasteiger partial charge in [-0.1, -0.05) is 19.8 Å². The lowest BCUT2D eigenvalue weighted by atomic mass is 9.88. The van der Waals surface area contributed by atoms with Crippen molar-refractivity contribution in [3.05, 3.63) is 91.6 Å². The molecule has 284 valence electrons. The first-order valence-electron chi connectivity index (χ1n) is 17.3. The van der Waals surface area contributed by atoms with Crippen LogP contribution in [0.25, 0.3) is 11.1 Å². The van der Waals surface area contributed by atoms with Crippen molar-refractivity contribution >= 4 is 11.9 Å². The zero-order valence-corrected chi connectivity index (χ0v) is 29.8. The summed E-state index contributed by atoms with van der Waals surface area (Å²) in [5, 5.41) is 12.2. The van der Waals surface area contributed by atoms with Gasteiger partial charge in [0, 0.05) is 47.6 Å². The molecule has 53 heavy (non-hydrogen) atoms. The number of carbonyl (C=O) groups excluding carboxylic acids is 1. The minimum Gasteiger partial charge on any atom is -0.481 e. The van der Waals surface area contributed by atoms with E-state index < -0.39 is 70.7 Å². The fraction of sp³-hybridized carbons (Fsp3) is 0.462. The Labute approximate surface area is 303 Å². The number of aliphatic carboxylic acids is 1. The second-order valence-corrected chi connectivity index (χ2v) is 14.2. The fourth-order valence-electron chi connectivity index (χ4n) is 7.70. The highest BCUT2D eigenvalue weighted by molar-refractivity contribution is 5.83. The van der Waals surface area contributed by atoms with Gasteiger partial charge in [0.2, 0.25) is 5.91 Å². The fourth-order valence-corrected chi connectivity index (χ4v) is 7.70. The summed E-state index contributed by atoms with van der Waals surface area (Å²) in [6.45, 7) is 7.57. The number of rotatable bonds is 12. The Balaban J connectivity index is 1.57. The SMILES string of the molecule is C#Cc1cc(F)c([C@H](CC(=O)O)NC(=O)[C@H](CC(C)C)n2cc(CCN3C4CCC3COC4)c(C(F)(F)F)cc2=O)c(F)c1-c1c(C)cc(F)cc1C. The Kier molecular flexibility index (Phi) is 11.8. The number of carboxylic acid groups (broad SMARTS) is 1. The highest BCUT2D eigenvalue weighted by atomic mass is 19.4. The molecule has 0 saturated carbocycles. The number of benzene rings is 2. The molecular weight excluding hydrogens is 704 g/mol. The van der Waals surface area contributed by atoms with E-state index in [0.717, 1.165) is 41.8 Å². The molecule has 0 spiro atoms. The Bertz CT molecular complexity index is 1960. The molecule has 2 bridgehead atoms. The summed E-state index contributed by atoms with van der Waals surface area (Å²) >= 11 is 0. The molecule has 0 aliphatic carbocycles. The monoisotopic (exact) mass is 745 g/mol. The summed E-state index contributed by atoms with van der Waals surface area (Å²) in [6.07, 6.45) is 2.23. The van der Waals surface area contributed by atoms with Crippen molar-refractivity contribution in [3.63, 3.8) is 0 Å². The van der Waals surface area contributed by atoms with Crippen LogP contribution in [0.4, 0.5) is 26.3 Å². The summed E-state index contributed by atoms with van der Waals surface area (Å²) in [5.74, 6) is -3.85. The molecule has 1 amide bonds. The molecule has 4 atom stereocenters. The van der Waals surface area contributed by atoms with E-state index in [0.29, 0.717) is 19.3 Å². The molecule has 2 saturated heterocycles. The molecule has 0 radical (unpaired) electrons. The summed E-state index contributed by atoms with van der Waals surface area (Å²) < 4.78 is 95.9. The predicted octanol–water partition coefficient (Wildman–Crippen LogP) is 6.87. The maximum Gasteiger partial charge on any atom is 0.416 e. The number of pyridine rings is 1. The van der Waals surface area contributed by atoms with Crippen LogP contribution in [-0.2, 0) is 26.9 Å². The Morgan fingerprint density at radius 3 is 2.21 bits per heavy atom. The van der Waals surface area contributed by atoms with E-state index in [2.05, 4.69) is 16.1 Å². The molecule has 2 aliphatic heterocycles. The van der Waals surface area contributed by atoms with E-state index in [1.165, 1.54) is 13.8 Å². The molecular formula is C39H41F6N3O5. The largest absolute Gasteiger partial charge is 0.481 e. The van der Waals surface area contributed by atoms with E-state index in [1.807, 2.05) is 0 Å². The number of aryl methyl sites for hydroxylation is 2. The first kappa shape index (κ1) is 39.6. The molecule has 2 aliphatic rings. The maximum absolute atomic E-state index is 16.6. The van der Waals surface area contributed by atoms with E-state index >= 15 is 8.78 Å². The summed E-state index contributed by atoms with van der Waals surface area (Å²) in [6, 6.07) is 0.280. The number of nitrogens with one attached hydrogen (secondary N) is 1. The maximum atomic E-state index is 16.6. The van der Waals surface area contributed by atoms with Gasteiger partial charge in [-0.25, -0.2) is 13.2 Å². The first-order valence-corrected chi connectivity index (χ1v) is 17.3. The third-order valence-electron chi connectivity index (χ3n) is 10.0. The van der Waals surface area contributed by atoms with Crippen LogP contribution in [-0.4, -0.2) is 58.3 Å². The van der Waals surface area contributed by atoms with E-state index in [9.17, 15) is 37.1 Å². The van der Waals surface area contributed by atoms with Gasteiger partial charge in [0.1, 0.15) is 23.5 Å².